The Hall–Kier alpha value is -3.16. The van der Waals surface area contributed by atoms with E-state index in [4.69, 9.17) is 5.73 Å². The Kier molecular flexibility index (Phi) is 3.34. The molecule has 0 amide bonds. The van der Waals surface area contributed by atoms with Crippen molar-refractivity contribution in [2.24, 2.45) is 10.7 Å². The number of hydrogen-bond donors (Lipinski definition) is 1. The van der Waals surface area contributed by atoms with Gasteiger partial charge in [-0.05, 0) is 13.0 Å². The highest BCUT2D eigenvalue weighted by molar-refractivity contribution is 5.95. The summed E-state index contributed by atoms with van der Waals surface area (Å²) in [6.45, 7) is 2.10. The van der Waals surface area contributed by atoms with Gasteiger partial charge in [0.2, 0.25) is 0 Å². The van der Waals surface area contributed by atoms with Gasteiger partial charge in [-0.15, -0.1) is 0 Å². The predicted octanol–water partition coefficient (Wildman–Crippen LogP) is 2.25. The molecule has 1 atom stereocenters. The van der Waals surface area contributed by atoms with Gasteiger partial charge in [0.1, 0.15) is 23.5 Å². The summed E-state index contributed by atoms with van der Waals surface area (Å²) >= 11 is 0. The minimum absolute atomic E-state index is 0.212. The van der Waals surface area contributed by atoms with E-state index in [1.54, 1.807) is 23.9 Å². The van der Waals surface area contributed by atoms with Gasteiger partial charge in [-0.2, -0.15) is 0 Å². The molecule has 0 saturated heterocycles. The average molecular weight is 340 g/mol. The first-order valence-electron chi connectivity index (χ1n) is 7.60. The van der Waals surface area contributed by atoms with Crippen LogP contribution in [0.25, 0.3) is 11.1 Å². The molecular formula is C17H14F2N6. The number of benzene rings is 1. The van der Waals surface area contributed by atoms with Crippen LogP contribution < -0.4 is 5.73 Å². The van der Waals surface area contributed by atoms with Gasteiger partial charge >= 0.3 is 0 Å². The summed E-state index contributed by atoms with van der Waals surface area (Å²) in [7, 11) is 0. The van der Waals surface area contributed by atoms with E-state index in [1.165, 1.54) is 24.8 Å². The van der Waals surface area contributed by atoms with Crippen molar-refractivity contribution in [1.29, 1.82) is 0 Å². The van der Waals surface area contributed by atoms with E-state index in [1.807, 2.05) is 0 Å². The number of nitrogens with two attached hydrogens (primary N) is 1. The Labute approximate surface area is 142 Å². The minimum atomic E-state index is -0.986. The third kappa shape index (κ3) is 2.46. The van der Waals surface area contributed by atoms with E-state index in [9.17, 15) is 8.78 Å². The van der Waals surface area contributed by atoms with E-state index in [0.29, 0.717) is 17.9 Å². The Bertz CT molecular complexity index is 982. The van der Waals surface area contributed by atoms with Gasteiger partial charge in [-0.25, -0.2) is 23.7 Å². The Morgan fingerprint density at radius 1 is 1.16 bits per heavy atom. The molecule has 0 bridgehead atoms. The van der Waals surface area contributed by atoms with E-state index < -0.39 is 17.2 Å². The molecule has 3 heterocycles. The number of imidazole rings is 1. The molecule has 0 fully saturated rings. The summed E-state index contributed by atoms with van der Waals surface area (Å²) in [6, 6.07) is 2.31. The van der Waals surface area contributed by atoms with Crippen molar-refractivity contribution in [3.05, 3.63) is 66.3 Å². The first-order valence-corrected chi connectivity index (χ1v) is 7.60. The number of aliphatic imine (C=N–C) groups is 1. The average Bonchev–Trinajstić information content (AvgIpc) is 3.04. The number of aromatic nitrogens is 4. The highest BCUT2D eigenvalue weighted by Gasteiger charge is 2.35. The maximum absolute atomic E-state index is 14.6. The molecular weight excluding hydrogens is 326 g/mol. The second-order valence-corrected chi connectivity index (χ2v) is 6.09. The van der Waals surface area contributed by atoms with Crippen LogP contribution in [0.2, 0.25) is 0 Å². The SMILES string of the molecule is C[C@@]1(c2cc(-c3cncnc3)c(F)cc2F)Cn2ccnc2C(N)=N1. The van der Waals surface area contributed by atoms with Crippen molar-refractivity contribution >= 4 is 5.84 Å². The number of amidine groups is 1. The number of halogens is 2. The molecule has 126 valence electrons. The Morgan fingerprint density at radius 2 is 1.92 bits per heavy atom. The number of rotatable bonds is 2. The van der Waals surface area contributed by atoms with Gasteiger partial charge in [0, 0.05) is 47.5 Å². The number of nitrogens with zero attached hydrogens (tertiary/aromatic N) is 5. The third-order valence-electron chi connectivity index (χ3n) is 4.30. The summed E-state index contributed by atoms with van der Waals surface area (Å²) in [5.74, 6) is -0.611. The number of hydrogen-bond acceptors (Lipinski definition) is 5. The summed E-state index contributed by atoms with van der Waals surface area (Å²) in [4.78, 5) is 16.4. The lowest BCUT2D eigenvalue weighted by atomic mass is 9.88. The molecule has 2 aromatic heterocycles. The maximum atomic E-state index is 14.6. The van der Waals surface area contributed by atoms with Crippen LogP contribution in [0, 0.1) is 11.6 Å². The molecule has 0 spiro atoms. The van der Waals surface area contributed by atoms with Crippen LogP contribution in [0.1, 0.15) is 18.3 Å². The molecule has 8 heteroatoms. The molecule has 4 rings (SSSR count). The van der Waals surface area contributed by atoms with Gasteiger partial charge in [0.05, 0.1) is 6.54 Å². The van der Waals surface area contributed by atoms with Crippen LogP contribution in [0.15, 0.2) is 48.2 Å². The zero-order chi connectivity index (χ0) is 17.6. The molecule has 6 nitrogen and oxygen atoms in total. The van der Waals surface area contributed by atoms with E-state index in [0.717, 1.165) is 6.07 Å². The lowest BCUT2D eigenvalue weighted by Gasteiger charge is -2.31. The number of fused-ring (bicyclic) bond motifs is 1. The van der Waals surface area contributed by atoms with Crippen LogP contribution in [-0.2, 0) is 12.1 Å². The first kappa shape index (κ1) is 15.4. The maximum Gasteiger partial charge on any atom is 0.175 e. The lowest BCUT2D eigenvalue weighted by Crippen LogP contribution is -2.37. The molecule has 1 aromatic carbocycles. The molecule has 0 radical (unpaired) electrons. The van der Waals surface area contributed by atoms with E-state index >= 15 is 0 Å². The summed E-state index contributed by atoms with van der Waals surface area (Å²) in [6.07, 6.45) is 7.66. The molecule has 0 unspecified atom stereocenters. The van der Waals surface area contributed by atoms with Crippen molar-refractivity contribution < 1.29 is 8.78 Å². The van der Waals surface area contributed by atoms with Gasteiger partial charge < -0.3 is 10.3 Å². The highest BCUT2D eigenvalue weighted by atomic mass is 19.1. The van der Waals surface area contributed by atoms with Crippen molar-refractivity contribution in [2.45, 2.75) is 19.0 Å². The summed E-state index contributed by atoms with van der Waals surface area (Å²) in [5.41, 5.74) is 5.91. The van der Waals surface area contributed by atoms with Crippen molar-refractivity contribution in [1.82, 2.24) is 19.5 Å². The smallest absolute Gasteiger partial charge is 0.175 e. The quantitative estimate of drug-likeness (QED) is 0.776. The van der Waals surface area contributed by atoms with Gasteiger partial charge in [0.15, 0.2) is 11.7 Å². The fraction of sp³-hybridized carbons (Fsp3) is 0.176. The Morgan fingerprint density at radius 3 is 2.68 bits per heavy atom. The molecule has 1 aliphatic heterocycles. The monoisotopic (exact) mass is 340 g/mol. The van der Waals surface area contributed by atoms with Crippen molar-refractivity contribution in [3.8, 4) is 11.1 Å². The normalized spacial score (nSPS) is 19.4. The molecule has 3 aromatic rings. The topological polar surface area (TPSA) is 82.0 Å². The van der Waals surface area contributed by atoms with E-state index in [-0.39, 0.29) is 17.0 Å². The summed E-state index contributed by atoms with van der Waals surface area (Å²) in [5, 5.41) is 0. The molecule has 2 N–H and O–H groups in total. The standard InChI is InChI=1S/C17H14F2N6/c1-17(8-25-3-2-23-16(25)15(20)24-17)12-4-11(13(18)5-14(12)19)10-6-21-9-22-7-10/h2-7,9H,8H2,1H3,(H2,20,24)/t17-/m0/s1. The molecule has 0 aliphatic carbocycles. The largest absolute Gasteiger partial charge is 0.381 e. The molecule has 0 saturated carbocycles. The van der Waals surface area contributed by atoms with Gasteiger partial charge in [-0.3, -0.25) is 4.99 Å². The van der Waals surface area contributed by atoms with Crippen LogP contribution in [-0.4, -0.2) is 25.4 Å². The zero-order valence-electron chi connectivity index (χ0n) is 13.3. The zero-order valence-corrected chi connectivity index (χ0v) is 13.3. The second kappa shape index (κ2) is 5.44. The van der Waals surface area contributed by atoms with Crippen LogP contribution in [0.5, 0.6) is 0 Å². The first-order chi connectivity index (χ1) is 12.0. The van der Waals surface area contributed by atoms with Crippen LogP contribution in [0.3, 0.4) is 0 Å². The third-order valence-corrected chi connectivity index (χ3v) is 4.30. The molecule has 25 heavy (non-hydrogen) atoms. The van der Waals surface area contributed by atoms with Crippen molar-refractivity contribution in [2.75, 3.05) is 0 Å². The lowest BCUT2D eigenvalue weighted by molar-refractivity contribution is 0.382. The Balaban J connectivity index is 1.87. The highest BCUT2D eigenvalue weighted by Crippen LogP contribution is 2.36. The summed E-state index contributed by atoms with van der Waals surface area (Å²) < 4.78 is 30.7. The second-order valence-electron chi connectivity index (χ2n) is 6.09. The molecule has 1 aliphatic rings. The fourth-order valence-electron chi connectivity index (χ4n) is 3.12. The van der Waals surface area contributed by atoms with Gasteiger partial charge in [-0.1, -0.05) is 0 Å². The predicted molar refractivity (Wildman–Crippen MR) is 87.7 cm³/mol. The van der Waals surface area contributed by atoms with E-state index in [2.05, 4.69) is 19.9 Å². The van der Waals surface area contributed by atoms with Gasteiger partial charge in [0.25, 0.3) is 0 Å². The van der Waals surface area contributed by atoms with Crippen molar-refractivity contribution in [3.63, 3.8) is 0 Å². The van der Waals surface area contributed by atoms with Crippen LogP contribution >= 0.6 is 0 Å². The minimum Gasteiger partial charge on any atom is -0.381 e. The van der Waals surface area contributed by atoms with Crippen LogP contribution in [0.4, 0.5) is 8.78 Å². The fourth-order valence-corrected chi connectivity index (χ4v) is 3.12.